The molecular formula is C16H14N6. The summed E-state index contributed by atoms with van der Waals surface area (Å²) in [5.41, 5.74) is 3.74. The molecule has 0 bridgehead atoms. The van der Waals surface area contributed by atoms with E-state index in [-0.39, 0.29) is 0 Å². The molecule has 3 aromatic heterocycles. The smallest absolute Gasteiger partial charge is 0.183 e. The maximum Gasteiger partial charge on any atom is 0.183 e. The molecule has 6 nitrogen and oxygen atoms in total. The number of hydrogen-bond acceptors (Lipinski definition) is 4. The molecule has 0 unspecified atom stereocenters. The number of benzene rings is 1. The molecular weight excluding hydrogens is 276 g/mol. The van der Waals surface area contributed by atoms with Gasteiger partial charge in [-0.15, -0.1) is 0 Å². The molecule has 0 spiro atoms. The molecule has 1 aromatic carbocycles. The fourth-order valence-corrected chi connectivity index (χ4v) is 2.70. The molecule has 0 radical (unpaired) electrons. The number of H-pyrrole nitrogens is 2. The SMILES string of the molecule is c1nc(NC2CC2)c2[nH]c(-c3ccc4[nH]ccc4c3)nc2n1. The minimum absolute atomic E-state index is 0.543. The van der Waals surface area contributed by atoms with Gasteiger partial charge in [-0.05, 0) is 37.1 Å². The van der Waals surface area contributed by atoms with Gasteiger partial charge in [0.25, 0.3) is 0 Å². The van der Waals surface area contributed by atoms with Gasteiger partial charge >= 0.3 is 0 Å². The highest BCUT2D eigenvalue weighted by Crippen LogP contribution is 2.29. The molecule has 0 amide bonds. The van der Waals surface area contributed by atoms with E-state index in [1.54, 1.807) is 6.33 Å². The molecule has 4 aromatic rings. The molecule has 108 valence electrons. The van der Waals surface area contributed by atoms with Gasteiger partial charge in [0.15, 0.2) is 11.5 Å². The second-order valence-corrected chi connectivity index (χ2v) is 5.70. The van der Waals surface area contributed by atoms with E-state index in [1.807, 2.05) is 6.20 Å². The van der Waals surface area contributed by atoms with E-state index < -0.39 is 0 Å². The Morgan fingerprint density at radius 1 is 1.14 bits per heavy atom. The minimum Gasteiger partial charge on any atom is -0.365 e. The first-order valence-corrected chi connectivity index (χ1v) is 7.41. The maximum absolute atomic E-state index is 4.61. The molecule has 0 atom stereocenters. The molecule has 5 rings (SSSR count). The summed E-state index contributed by atoms with van der Waals surface area (Å²) in [6.07, 6.45) is 5.91. The zero-order chi connectivity index (χ0) is 14.5. The fraction of sp³-hybridized carbons (Fsp3) is 0.188. The highest BCUT2D eigenvalue weighted by Gasteiger charge is 2.23. The fourth-order valence-electron chi connectivity index (χ4n) is 2.70. The van der Waals surface area contributed by atoms with E-state index in [4.69, 9.17) is 0 Å². The van der Waals surface area contributed by atoms with Crippen molar-refractivity contribution in [1.29, 1.82) is 0 Å². The first-order valence-electron chi connectivity index (χ1n) is 7.41. The Kier molecular flexibility index (Phi) is 2.29. The van der Waals surface area contributed by atoms with Gasteiger partial charge in [0.2, 0.25) is 0 Å². The van der Waals surface area contributed by atoms with Crippen LogP contribution in [0, 0.1) is 0 Å². The van der Waals surface area contributed by atoms with Crippen LogP contribution in [0.5, 0.6) is 0 Å². The number of nitrogens with one attached hydrogen (secondary N) is 3. The van der Waals surface area contributed by atoms with Gasteiger partial charge in [0.05, 0.1) is 0 Å². The van der Waals surface area contributed by atoms with Crippen molar-refractivity contribution >= 4 is 27.9 Å². The topological polar surface area (TPSA) is 82.3 Å². The first-order chi connectivity index (χ1) is 10.9. The normalized spacial score (nSPS) is 14.7. The van der Waals surface area contributed by atoms with Gasteiger partial charge in [0, 0.05) is 28.7 Å². The third-order valence-electron chi connectivity index (χ3n) is 4.03. The van der Waals surface area contributed by atoms with E-state index in [0.29, 0.717) is 11.7 Å². The summed E-state index contributed by atoms with van der Waals surface area (Å²) in [5.74, 6) is 1.66. The van der Waals surface area contributed by atoms with Gasteiger partial charge < -0.3 is 15.3 Å². The predicted octanol–water partition coefficient (Wildman–Crippen LogP) is 3.08. The van der Waals surface area contributed by atoms with Crippen LogP contribution in [0.15, 0.2) is 36.8 Å². The largest absolute Gasteiger partial charge is 0.365 e. The van der Waals surface area contributed by atoms with Crippen molar-refractivity contribution < 1.29 is 0 Å². The molecule has 1 fully saturated rings. The van der Waals surface area contributed by atoms with Crippen LogP contribution in [-0.4, -0.2) is 31.0 Å². The Balaban J connectivity index is 1.64. The van der Waals surface area contributed by atoms with E-state index in [9.17, 15) is 0 Å². The number of nitrogens with zero attached hydrogens (tertiary/aromatic N) is 3. The molecule has 6 heteroatoms. The quantitative estimate of drug-likeness (QED) is 0.541. The van der Waals surface area contributed by atoms with Crippen molar-refractivity contribution in [3.63, 3.8) is 0 Å². The lowest BCUT2D eigenvalue weighted by atomic mass is 10.1. The van der Waals surface area contributed by atoms with Crippen LogP contribution >= 0.6 is 0 Å². The summed E-state index contributed by atoms with van der Waals surface area (Å²) in [6.45, 7) is 0. The van der Waals surface area contributed by atoms with Crippen LogP contribution in [0.3, 0.4) is 0 Å². The average Bonchev–Trinajstić information content (AvgIpc) is 3.07. The van der Waals surface area contributed by atoms with Crippen molar-refractivity contribution in [2.45, 2.75) is 18.9 Å². The number of aromatic nitrogens is 5. The lowest BCUT2D eigenvalue weighted by Gasteiger charge is -2.02. The van der Waals surface area contributed by atoms with Crippen LogP contribution < -0.4 is 5.32 Å². The zero-order valence-corrected chi connectivity index (χ0v) is 11.8. The summed E-state index contributed by atoms with van der Waals surface area (Å²) < 4.78 is 0. The molecule has 3 heterocycles. The monoisotopic (exact) mass is 290 g/mol. The van der Waals surface area contributed by atoms with Crippen molar-refractivity contribution in [2.24, 2.45) is 0 Å². The van der Waals surface area contributed by atoms with E-state index in [0.717, 1.165) is 28.2 Å². The molecule has 22 heavy (non-hydrogen) atoms. The lowest BCUT2D eigenvalue weighted by Crippen LogP contribution is -2.03. The summed E-state index contributed by atoms with van der Waals surface area (Å²) in [7, 11) is 0. The van der Waals surface area contributed by atoms with E-state index in [2.05, 4.69) is 54.5 Å². The number of fused-ring (bicyclic) bond motifs is 2. The van der Waals surface area contributed by atoms with Crippen molar-refractivity contribution in [3.05, 3.63) is 36.8 Å². The van der Waals surface area contributed by atoms with Crippen LogP contribution in [-0.2, 0) is 0 Å². The summed E-state index contributed by atoms with van der Waals surface area (Å²) >= 11 is 0. The Morgan fingerprint density at radius 3 is 3.00 bits per heavy atom. The van der Waals surface area contributed by atoms with Gasteiger partial charge in [-0.1, -0.05) is 0 Å². The third-order valence-corrected chi connectivity index (χ3v) is 4.03. The average molecular weight is 290 g/mol. The molecule has 0 aliphatic heterocycles. The third kappa shape index (κ3) is 1.84. The van der Waals surface area contributed by atoms with Crippen molar-refractivity contribution in [1.82, 2.24) is 24.9 Å². The molecule has 1 saturated carbocycles. The van der Waals surface area contributed by atoms with Crippen LogP contribution in [0.25, 0.3) is 33.5 Å². The first kappa shape index (κ1) is 11.7. The predicted molar refractivity (Wildman–Crippen MR) is 85.6 cm³/mol. The lowest BCUT2D eigenvalue weighted by molar-refractivity contribution is 1.10. The Morgan fingerprint density at radius 2 is 2.09 bits per heavy atom. The zero-order valence-electron chi connectivity index (χ0n) is 11.8. The molecule has 0 saturated heterocycles. The van der Waals surface area contributed by atoms with E-state index >= 15 is 0 Å². The Bertz CT molecular complexity index is 979. The molecule has 1 aliphatic rings. The summed E-state index contributed by atoms with van der Waals surface area (Å²) in [4.78, 5) is 19.8. The van der Waals surface area contributed by atoms with Crippen molar-refractivity contribution in [2.75, 3.05) is 5.32 Å². The number of hydrogen-bond donors (Lipinski definition) is 3. The number of rotatable bonds is 3. The number of imidazole rings is 1. The second kappa shape index (κ2) is 4.30. The van der Waals surface area contributed by atoms with Crippen LogP contribution in [0.1, 0.15) is 12.8 Å². The summed E-state index contributed by atoms with van der Waals surface area (Å²) in [5, 5.41) is 4.59. The summed E-state index contributed by atoms with van der Waals surface area (Å²) in [6, 6.07) is 8.83. The van der Waals surface area contributed by atoms with Gasteiger partial charge in [-0.2, -0.15) is 0 Å². The van der Waals surface area contributed by atoms with Crippen LogP contribution in [0.4, 0.5) is 5.82 Å². The van der Waals surface area contributed by atoms with Gasteiger partial charge in [-0.3, -0.25) is 0 Å². The standard InChI is InChI=1S/C16H14N6/c1-4-12-9(5-6-17-12)7-10(1)14-21-13-15(20-11-2-3-11)18-8-19-16(13)22-14/h1,4-8,11,17H,2-3H2,(H2,18,19,20,21,22). The Labute approximate surface area is 126 Å². The number of anilines is 1. The molecule has 1 aliphatic carbocycles. The minimum atomic E-state index is 0.543. The van der Waals surface area contributed by atoms with Gasteiger partial charge in [-0.25, -0.2) is 15.0 Å². The number of aromatic amines is 2. The van der Waals surface area contributed by atoms with Crippen LogP contribution in [0.2, 0.25) is 0 Å². The Hall–Kier alpha value is -2.89. The van der Waals surface area contributed by atoms with E-state index in [1.165, 1.54) is 18.2 Å². The highest BCUT2D eigenvalue weighted by molar-refractivity contribution is 5.88. The van der Waals surface area contributed by atoms with Gasteiger partial charge in [0.1, 0.15) is 17.7 Å². The maximum atomic E-state index is 4.61. The molecule has 3 N–H and O–H groups in total. The highest BCUT2D eigenvalue weighted by atomic mass is 15.1. The second-order valence-electron chi connectivity index (χ2n) is 5.70. The van der Waals surface area contributed by atoms with Crippen molar-refractivity contribution in [3.8, 4) is 11.4 Å².